The molecule has 1 aliphatic heterocycles. The van der Waals surface area contributed by atoms with Gasteiger partial charge in [-0.3, -0.25) is 4.79 Å². The minimum absolute atomic E-state index is 0.0185. The van der Waals surface area contributed by atoms with Gasteiger partial charge in [0.2, 0.25) is 5.91 Å². The van der Waals surface area contributed by atoms with Crippen molar-refractivity contribution < 1.29 is 14.7 Å². The summed E-state index contributed by atoms with van der Waals surface area (Å²) in [6.07, 6.45) is 1.61. The lowest BCUT2D eigenvalue weighted by molar-refractivity contribution is -0.148. The second kappa shape index (κ2) is 6.54. The van der Waals surface area contributed by atoms with E-state index in [0.29, 0.717) is 29.3 Å². The van der Waals surface area contributed by atoms with Crippen LogP contribution in [0.4, 0.5) is 0 Å². The van der Waals surface area contributed by atoms with Gasteiger partial charge in [0.1, 0.15) is 5.54 Å². The molecule has 1 amide bonds. The topological polar surface area (TPSA) is 66.4 Å². The monoisotopic (exact) mass is 373 g/mol. The van der Waals surface area contributed by atoms with Gasteiger partial charge in [-0.15, -0.1) is 0 Å². The average Bonchev–Trinajstić information content (AvgIpc) is 3.31. The Morgan fingerprint density at radius 3 is 2.61 bits per heavy atom. The highest BCUT2D eigenvalue weighted by Crippen LogP contribution is 2.51. The van der Waals surface area contributed by atoms with E-state index in [0.717, 1.165) is 17.1 Å². The van der Waals surface area contributed by atoms with Crippen LogP contribution in [-0.2, 0) is 9.59 Å². The maximum Gasteiger partial charge on any atom is 0.329 e. The van der Waals surface area contributed by atoms with E-state index in [1.165, 1.54) is 0 Å². The summed E-state index contributed by atoms with van der Waals surface area (Å²) in [4.78, 5) is 24.1. The molecule has 0 radical (unpaired) electrons. The molecule has 1 aromatic carbocycles. The fraction of sp³-hybridized carbons (Fsp3) is 0.500. The van der Waals surface area contributed by atoms with Gasteiger partial charge in [0.25, 0.3) is 0 Å². The summed E-state index contributed by atoms with van der Waals surface area (Å²) in [5.41, 5.74) is -0.254. The Hall–Kier alpha value is -0.910. The summed E-state index contributed by atoms with van der Waals surface area (Å²) in [5, 5.41) is 13.3. The molecule has 2 fully saturated rings. The van der Waals surface area contributed by atoms with E-state index in [2.05, 4.69) is 5.32 Å². The summed E-state index contributed by atoms with van der Waals surface area (Å²) >= 11 is 13.9. The normalized spacial score (nSPS) is 25.7. The van der Waals surface area contributed by atoms with Crippen molar-refractivity contribution in [3.05, 3.63) is 33.8 Å². The first-order valence-electron chi connectivity index (χ1n) is 7.52. The standard InChI is InChI=1S/C16H17Cl2NO3S/c17-12-3-1-2-9(13(12)18)10-8-11(10)14(20)19-16(15(21)22)4-6-23-7-5-16/h1-3,10-11H,4-8H2,(H,19,20)(H,21,22). The van der Waals surface area contributed by atoms with E-state index in [1.54, 1.807) is 17.8 Å². The molecule has 4 nitrogen and oxygen atoms in total. The Bertz CT molecular complexity index is 646. The van der Waals surface area contributed by atoms with Crippen LogP contribution in [0.3, 0.4) is 0 Å². The molecule has 0 bridgehead atoms. The van der Waals surface area contributed by atoms with Crippen LogP contribution >= 0.6 is 35.0 Å². The largest absolute Gasteiger partial charge is 0.480 e. The molecule has 1 heterocycles. The first kappa shape index (κ1) is 16.9. The van der Waals surface area contributed by atoms with E-state index in [-0.39, 0.29) is 17.7 Å². The zero-order valence-corrected chi connectivity index (χ0v) is 14.7. The molecule has 2 unspecified atom stereocenters. The summed E-state index contributed by atoms with van der Waals surface area (Å²) in [5.74, 6) is 0.160. The number of rotatable bonds is 4. The van der Waals surface area contributed by atoms with E-state index >= 15 is 0 Å². The third kappa shape index (κ3) is 3.32. The van der Waals surface area contributed by atoms with Crippen molar-refractivity contribution in [2.45, 2.75) is 30.7 Å². The SMILES string of the molecule is O=C(NC1(C(=O)O)CCSCC1)C1CC1c1cccc(Cl)c1Cl. The minimum atomic E-state index is -1.12. The Morgan fingerprint density at radius 1 is 1.26 bits per heavy atom. The van der Waals surface area contributed by atoms with Crippen molar-refractivity contribution in [1.82, 2.24) is 5.32 Å². The van der Waals surface area contributed by atoms with Gasteiger partial charge in [0.05, 0.1) is 10.0 Å². The van der Waals surface area contributed by atoms with Gasteiger partial charge in [-0.05, 0) is 48.3 Å². The fourth-order valence-electron chi connectivity index (χ4n) is 3.08. The van der Waals surface area contributed by atoms with Crippen LogP contribution in [0, 0.1) is 5.92 Å². The Labute approximate surface area is 148 Å². The second-order valence-electron chi connectivity index (χ2n) is 6.08. The van der Waals surface area contributed by atoms with Crippen LogP contribution in [0.25, 0.3) is 0 Å². The second-order valence-corrected chi connectivity index (χ2v) is 8.09. The van der Waals surface area contributed by atoms with Gasteiger partial charge in [-0.1, -0.05) is 35.3 Å². The van der Waals surface area contributed by atoms with E-state index in [1.807, 2.05) is 12.1 Å². The number of carboxylic acids is 1. The number of carbonyl (C=O) groups is 2. The predicted octanol–water partition coefficient (Wildman–Crippen LogP) is 3.56. The van der Waals surface area contributed by atoms with Crippen LogP contribution in [0.15, 0.2) is 18.2 Å². The first-order chi connectivity index (χ1) is 10.9. The number of carbonyl (C=O) groups excluding carboxylic acids is 1. The zero-order valence-electron chi connectivity index (χ0n) is 12.4. The Morgan fingerprint density at radius 2 is 1.96 bits per heavy atom. The molecule has 1 aromatic rings. The van der Waals surface area contributed by atoms with Crippen LogP contribution in [0.1, 0.15) is 30.7 Å². The lowest BCUT2D eigenvalue weighted by Crippen LogP contribution is -2.57. The number of halogens is 2. The highest BCUT2D eigenvalue weighted by Gasteiger charge is 2.49. The number of amides is 1. The molecular weight excluding hydrogens is 357 g/mol. The molecule has 1 aliphatic carbocycles. The molecule has 1 saturated heterocycles. The van der Waals surface area contributed by atoms with Crippen molar-refractivity contribution in [3.8, 4) is 0 Å². The number of hydrogen-bond donors (Lipinski definition) is 2. The zero-order chi connectivity index (χ0) is 16.6. The first-order valence-corrected chi connectivity index (χ1v) is 9.43. The Balaban J connectivity index is 1.70. The summed E-state index contributed by atoms with van der Waals surface area (Å²) in [6.45, 7) is 0. The quantitative estimate of drug-likeness (QED) is 0.846. The molecule has 7 heteroatoms. The van der Waals surface area contributed by atoms with Gasteiger partial charge >= 0.3 is 5.97 Å². The van der Waals surface area contributed by atoms with Crippen LogP contribution in [0.5, 0.6) is 0 Å². The van der Waals surface area contributed by atoms with Crippen LogP contribution in [-0.4, -0.2) is 34.0 Å². The molecule has 2 aliphatic rings. The third-order valence-corrected chi connectivity index (χ3v) is 6.45. The summed E-state index contributed by atoms with van der Waals surface area (Å²) in [6, 6.07) is 5.40. The van der Waals surface area contributed by atoms with Gasteiger partial charge in [-0.25, -0.2) is 4.79 Å². The summed E-state index contributed by atoms with van der Waals surface area (Å²) < 4.78 is 0. The maximum absolute atomic E-state index is 12.5. The van der Waals surface area contributed by atoms with Crippen molar-refractivity contribution in [1.29, 1.82) is 0 Å². The Kier molecular flexibility index (Phi) is 4.81. The van der Waals surface area contributed by atoms with Crippen LogP contribution in [0.2, 0.25) is 10.0 Å². The molecule has 2 N–H and O–H groups in total. The molecule has 3 rings (SSSR count). The molecule has 1 saturated carbocycles. The molecule has 0 aromatic heterocycles. The number of benzene rings is 1. The van der Waals surface area contributed by atoms with E-state index in [9.17, 15) is 14.7 Å². The third-order valence-electron chi connectivity index (χ3n) is 4.63. The number of hydrogen-bond acceptors (Lipinski definition) is 3. The van der Waals surface area contributed by atoms with Crippen molar-refractivity contribution >= 4 is 46.8 Å². The molecule has 0 spiro atoms. The number of nitrogens with one attached hydrogen (secondary N) is 1. The summed E-state index contributed by atoms with van der Waals surface area (Å²) in [7, 11) is 0. The van der Waals surface area contributed by atoms with Gasteiger partial charge < -0.3 is 10.4 Å². The van der Waals surface area contributed by atoms with Gasteiger partial charge in [0.15, 0.2) is 0 Å². The molecular formula is C16H17Cl2NO3S. The van der Waals surface area contributed by atoms with E-state index < -0.39 is 11.5 Å². The fourth-order valence-corrected chi connectivity index (χ4v) is 4.71. The minimum Gasteiger partial charge on any atom is -0.480 e. The van der Waals surface area contributed by atoms with E-state index in [4.69, 9.17) is 23.2 Å². The number of carboxylic acid groups (broad SMARTS) is 1. The predicted molar refractivity (Wildman–Crippen MR) is 92.4 cm³/mol. The number of thioether (sulfide) groups is 1. The van der Waals surface area contributed by atoms with Gasteiger partial charge in [-0.2, -0.15) is 11.8 Å². The molecule has 2 atom stereocenters. The lowest BCUT2D eigenvalue weighted by atomic mass is 9.92. The highest BCUT2D eigenvalue weighted by molar-refractivity contribution is 7.99. The van der Waals surface area contributed by atoms with Crippen molar-refractivity contribution in [2.75, 3.05) is 11.5 Å². The molecule has 124 valence electrons. The average molecular weight is 374 g/mol. The lowest BCUT2D eigenvalue weighted by Gasteiger charge is -2.33. The maximum atomic E-state index is 12.5. The smallest absolute Gasteiger partial charge is 0.329 e. The van der Waals surface area contributed by atoms with Crippen LogP contribution < -0.4 is 5.32 Å². The van der Waals surface area contributed by atoms with Gasteiger partial charge in [0, 0.05) is 5.92 Å². The molecule has 23 heavy (non-hydrogen) atoms. The van der Waals surface area contributed by atoms with Crippen molar-refractivity contribution in [2.24, 2.45) is 5.92 Å². The number of aliphatic carboxylic acids is 1. The highest BCUT2D eigenvalue weighted by atomic mass is 35.5. The van der Waals surface area contributed by atoms with Crippen molar-refractivity contribution in [3.63, 3.8) is 0 Å².